The van der Waals surface area contributed by atoms with Crippen molar-refractivity contribution in [3.8, 4) is 5.75 Å². The van der Waals surface area contributed by atoms with Crippen LogP contribution >= 0.6 is 34.8 Å². The Balaban J connectivity index is 1.74. The highest BCUT2D eigenvalue weighted by Gasteiger charge is 2.30. The van der Waals surface area contributed by atoms with Gasteiger partial charge in [-0.1, -0.05) is 46.9 Å². The molecule has 0 aliphatic carbocycles. The minimum Gasteiger partial charge on any atom is -0.493 e. The van der Waals surface area contributed by atoms with Gasteiger partial charge in [0, 0.05) is 29.9 Å². The van der Waals surface area contributed by atoms with Crippen LogP contribution in [0.5, 0.6) is 5.75 Å². The van der Waals surface area contributed by atoms with Crippen molar-refractivity contribution in [2.75, 3.05) is 6.61 Å². The van der Waals surface area contributed by atoms with E-state index in [1.807, 2.05) is 16.7 Å². The second kappa shape index (κ2) is 8.31. The number of hydrogen-bond donors (Lipinski definition) is 1. The van der Waals surface area contributed by atoms with Gasteiger partial charge in [-0.15, -0.1) is 0 Å². The van der Waals surface area contributed by atoms with Crippen LogP contribution in [-0.4, -0.2) is 21.3 Å². The topological polar surface area (TPSA) is 47.3 Å². The molecule has 0 amide bonds. The molecular weight excluding hydrogens is 395 g/mol. The van der Waals surface area contributed by atoms with Gasteiger partial charge in [0.25, 0.3) is 0 Å². The van der Waals surface area contributed by atoms with Crippen molar-refractivity contribution < 1.29 is 9.84 Å². The van der Waals surface area contributed by atoms with Crippen molar-refractivity contribution in [1.82, 2.24) is 9.55 Å². The molecule has 1 aromatic heterocycles. The molecule has 3 aromatic rings. The number of benzene rings is 2. The van der Waals surface area contributed by atoms with Gasteiger partial charge >= 0.3 is 0 Å². The Morgan fingerprint density at radius 1 is 1.04 bits per heavy atom. The molecule has 7 heteroatoms. The van der Waals surface area contributed by atoms with E-state index in [2.05, 4.69) is 4.98 Å². The summed E-state index contributed by atoms with van der Waals surface area (Å²) in [6.07, 6.45) is 5.52. The molecule has 1 N–H and O–H groups in total. The number of rotatable bonds is 7. The van der Waals surface area contributed by atoms with Gasteiger partial charge < -0.3 is 14.4 Å². The quantitative estimate of drug-likeness (QED) is 0.581. The van der Waals surface area contributed by atoms with Crippen LogP contribution in [0.25, 0.3) is 0 Å². The number of imidazole rings is 1. The zero-order valence-electron chi connectivity index (χ0n) is 13.8. The average Bonchev–Trinajstić information content (AvgIpc) is 3.11. The number of hydrogen-bond acceptors (Lipinski definition) is 3. The molecule has 2 aromatic carbocycles. The lowest BCUT2D eigenvalue weighted by Gasteiger charge is -2.29. The molecule has 0 radical (unpaired) electrons. The van der Waals surface area contributed by atoms with Crippen molar-refractivity contribution >= 4 is 34.8 Å². The van der Waals surface area contributed by atoms with Crippen molar-refractivity contribution in [2.24, 2.45) is 0 Å². The maximum Gasteiger partial charge on any atom is 0.120 e. The lowest BCUT2D eigenvalue weighted by molar-refractivity contribution is -0.00184. The van der Waals surface area contributed by atoms with Gasteiger partial charge in [0.2, 0.25) is 0 Å². The molecule has 4 nitrogen and oxygen atoms in total. The van der Waals surface area contributed by atoms with E-state index in [1.54, 1.807) is 49.1 Å². The molecular formula is C19H17Cl3N2O2. The summed E-state index contributed by atoms with van der Waals surface area (Å²) in [5.74, 6) is 0.598. The van der Waals surface area contributed by atoms with Crippen molar-refractivity contribution in [1.29, 1.82) is 0 Å². The summed E-state index contributed by atoms with van der Waals surface area (Å²) in [5.41, 5.74) is -0.380. The Hall–Kier alpha value is -1.72. The second-order valence-electron chi connectivity index (χ2n) is 5.95. The monoisotopic (exact) mass is 410 g/mol. The smallest absolute Gasteiger partial charge is 0.120 e. The number of halogens is 3. The largest absolute Gasteiger partial charge is 0.493 e. The minimum absolute atomic E-state index is 0.297. The van der Waals surface area contributed by atoms with E-state index in [-0.39, 0.29) is 0 Å². The Kier molecular flexibility index (Phi) is 6.09. The molecule has 136 valence electrons. The third-order valence-electron chi connectivity index (χ3n) is 4.06. The third-order valence-corrected chi connectivity index (χ3v) is 5.05. The number of nitrogens with zero attached hydrogens (tertiary/aromatic N) is 2. The predicted octanol–water partition coefficient (Wildman–Crippen LogP) is 5.20. The number of aromatic nitrogens is 2. The normalized spacial score (nSPS) is 13.4. The van der Waals surface area contributed by atoms with Crippen LogP contribution in [0.3, 0.4) is 0 Å². The van der Waals surface area contributed by atoms with Gasteiger partial charge in [0.15, 0.2) is 0 Å². The van der Waals surface area contributed by atoms with E-state index < -0.39 is 5.60 Å². The first kappa shape index (κ1) is 19.1. The molecule has 1 atom stereocenters. The Labute approximate surface area is 166 Å². The van der Waals surface area contributed by atoms with Gasteiger partial charge in [-0.2, -0.15) is 0 Å². The molecule has 0 saturated carbocycles. The van der Waals surface area contributed by atoms with Crippen molar-refractivity contribution in [2.45, 2.75) is 18.6 Å². The molecule has 1 heterocycles. The van der Waals surface area contributed by atoms with Crippen molar-refractivity contribution in [3.63, 3.8) is 0 Å². The first-order valence-corrected chi connectivity index (χ1v) is 9.12. The standard InChI is InChI=1S/C19H17Cl3N2O2/c20-15-3-1-14(2-4-15)19(25,12-24-9-8-23-13-24)7-10-26-16-5-6-17(21)18(22)11-16/h1-6,8-9,11,13,25H,7,10,12H2. The van der Waals surface area contributed by atoms with E-state index in [0.29, 0.717) is 40.4 Å². The van der Waals surface area contributed by atoms with E-state index in [9.17, 15) is 5.11 Å². The van der Waals surface area contributed by atoms with Crippen LogP contribution in [0, 0.1) is 0 Å². The molecule has 0 fully saturated rings. The van der Waals surface area contributed by atoms with Gasteiger partial charge in [-0.3, -0.25) is 0 Å². The first-order chi connectivity index (χ1) is 12.5. The Morgan fingerprint density at radius 2 is 1.81 bits per heavy atom. The lowest BCUT2D eigenvalue weighted by Crippen LogP contribution is -2.33. The molecule has 1 unspecified atom stereocenters. The highest BCUT2D eigenvalue weighted by molar-refractivity contribution is 6.42. The molecule has 0 aliphatic rings. The van der Waals surface area contributed by atoms with Crippen LogP contribution in [0.4, 0.5) is 0 Å². The van der Waals surface area contributed by atoms with Gasteiger partial charge in [0.05, 0.1) is 29.5 Å². The van der Waals surface area contributed by atoms with Crippen LogP contribution in [0.1, 0.15) is 12.0 Å². The summed E-state index contributed by atoms with van der Waals surface area (Å²) in [6.45, 7) is 0.644. The predicted molar refractivity (Wildman–Crippen MR) is 104 cm³/mol. The van der Waals surface area contributed by atoms with Crippen LogP contribution < -0.4 is 4.74 Å². The zero-order valence-corrected chi connectivity index (χ0v) is 16.0. The maximum absolute atomic E-state index is 11.3. The third kappa shape index (κ3) is 4.71. The van der Waals surface area contributed by atoms with Gasteiger partial charge in [-0.25, -0.2) is 4.98 Å². The number of ether oxygens (including phenoxy) is 1. The zero-order chi connectivity index (χ0) is 18.6. The summed E-state index contributed by atoms with van der Waals surface area (Å²) in [5, 5.41) is 12.8. The fourth-order valence-corrected chi connectivity index (χ4v) is 3.08. The molecule has 0 saturated heterocycles. The van der Waals surface area contributed by atoms with E-state index in [1.165, 1.54) is 0 Å². The van der Waals surface area contributed by atoms with Crippen LogP contribution in [0.2, 0.25) is 15.1 Å². The van der Waals surface area contributed by atoms with E-state index in [4.69, 9.17) is 39.5 Å². The average molecular weight is 412 g/mol. The molecule has 3 rings (SSSR count). The molecule has 0 aliphatic heterocycles. The fraction of sp³-hybridized carbons (Fsp3) is 0.211. The summed E-state index contributed by atoms with van der Waals surface area (Å²) in [4.78, 5) is 4.03. The van der Waals surface area contributed by atoms with E-state index in [0.717, 1.165) is 5.56 Å². The molecule has 26 heavy (non-hydrogen) atoms. The molecule has 0 bridgehead atoms. The fourth-order valence-electron chi connectivity index (χ4n) is 2.66. The van der Waals surface area contributed by atoms with Gasteiger partial charge in [0.1, 0.15) is 11.4 Å². The van der Waals surface area contributed by atoms with Crippen LogP contribution in [-0.2, 0) is 12.1 Å². The summed E-state index contributed by atoms with van der Waals surface area (Å²) < 4.78 is 7.58. The SMILES string of the molecule is OC(CCOc1ccc(Cl)c(Cl)c1)(Cn1ccnc1)c1ccc(Cl)cc1. The van der Waals surface area contributed by atoms with E-state index >= 15 is 0 Å². The second-order valence-corrected chi connectivity index (χ2v) is 7.20. The highest BCUT2D eigenvalue weighted by Crippen LogP contribution is 2.30. The summed E-state index contributed by atoms with van der Waals surface area (Å²) in [6, 6.07) is 12.2. The molecule has 0 spiro atoms. The summed E-state index contributed by atoms with van der Waals surface area (Å²) >= 11 is 17.9. The van der Waals surface area contributed by atoms with Crippen LogP contribution in [0.15, 0.2) is 61.2 Å². The summed E-state index contributed by atoms with van der Waals surface area (Å²) in [7, 11) is 0. The lowest BCUT2D eigenvalue weighted by atomic mass is 9.90. The Bertz CT molecular complexity index is 854. The maximum atomic E-state index is 11.3. The Morgan fingerprint density at radius 3 is 2.46 bits per heavy atom. The number of aliphatic hydroxyl groups is 1. The first-order valence-electron chi connectivity index (χ1n) is 7.98. The highest BCUT2D eigenvalue weighted by atomic mass is 35.5. The van der Waals surface area contributed by atoms with Crippen molar-refractivity contribution in [3.05, 3.63) is 81.8 Å². The van der Waals surface area contributed by atoms with Gasteiger partial charge in [-0.05, 0) is 29.8 Å². The minimum atomic E-state index is -1.14.